The van der Waals surface area contributed by atoms with Crippen LogP contribution in [0, 0.1) is 0 Å². The van der Waals surface area contributed by atoms with E-state index in [0.717, 1.165) is 21.9 Å². The standard InChI is InChI=1S/C22H19NO3/c1-14(17-12-11-16-7-3-4-8-18(16)13-17)15(2)21(24)23-20-10-6-5-9-19(20)22(25)26/h3-13H,1-2H3,(H,23,24)(H,25,26). The number of allylic oxidation sites excluding steroid dienone is 1. The number of aromatic carboxylic acids is 1. The number of nitrogens with one attached hydrogen (secondary N) is 1. The molecular weight excluding hydrogens is 326 g/mol. The number of hydrogen-bond donors (Lipinski definition) is 2. The fourth-order valence-electron chi connectivity index (χ4n) is 2.80. The van der Waals surface area contributed by atoms with Crippen molar-refractivity contribution < 1.29 is 14.7 Å². The molecule has 0 saturated carbocycles. The summed E-state index contributed by atoms with van der Waals surface area (Å²) in [6.07, 6.45) is 0. The average molecular weight is 345 g/mol. The number of hydrogen-bond acceptors (Lipinski definition) is 2. The van der Waals surface area contributed by atoms with E-state index in [2.05, 4.69) is 5.32 Å². The summed E-state index contributed by atoms with van der Waals surface area (Å²) >= 11 is 0. The van der Waals surface area contributed by atoms with E-state index in [1.807, 2.05) is 49.4 Å². The van der Waals surface area contributed by atoms with Crippen LogP contribution in [0.3, 0.4) is 0 Å². The number of benzene rings is 3. The maximum atomic E-state index is 12.6. The Morgan fingerprint density at radius 1 is 0.846 bits per heavy atom. The van der Waals surface area contributed by atoms with Gasteiger partial charge in [-0.15, -0.1) is 0 Å². The van der Waals surface area contributed by atoms with Gasteiger partial charge in [0.2, 0.25) is 0 Å². The van der Waals surface area contributed by atoms with Crippen molar-refractivity contribution in [3.8, 4) is 0 Å². The molecule has 4 heteroatoms. The van der Waals surface area contributed by atoms with E-state index in [9.17, 15) is 14.7 Å². The average Bonchev–Trinajstić information content (AvgIpc) is 2.66. The quantitative estimate of drug-likeness (QED) is 0.656. The van der Waals surface area contributed by atoms with Gasteiger partial charge in [0.25, 0.3) is 5.91 Å². The normalized spacial score (nSPS) is 11.8. The number of anilines is 1. The first-order valence-corrected chi connectivity index (χ1v) is 8.27. The molecule has 26 heavy (non-hydrogen) atoms. The molecule has 0 spiro atoms. The molecule has 0 unspecified atom stereocenters. The van der Waals surface area contributed by atoms with Crippen LogP contribution in [0.5, 0.6) is 0 Å². The van der Waals surface area contributed by atoms with E-state index >= 15 is 0 Å². The summed E-state index contributed by atoms with van der Waals surface area (Å²) < 4.78 is 0. The molecule has 3 aromatic rings. The molecule has 0 aliphatic rings. The monoisotopic (exact) mass is 345 g/mol. The zero-order valence-electron chi connectivity index (χ0n) is 14.6. The van der Waals surface area contributed by atoms with Crippen LogP contribution in [-0.4, -0.2) is 17.0 Å². The van der Waals surface area contributed by atoms with Crippen LogP contribution in [0.2, 0.25) is 0 Å². The predicted octanol–water partition coefficient (Wildman–Crippen LogP) is 4.97. The van der Waals surface area contributed by atoms with Crippen molar-refractivity contribution in [1.29, 1.82) is 0 Å². The van der Waals surface area contributed by atoms with E-state index in [0.29, 0.717) is 5.57 Å². The molecule has 3 rings (SSSR count). The lowest BCUT2D eigenvalue weighted by Gasteiger charge is -2.12. The van der Waals surface area contributed by atoms with Gasteiger partial charge >= 0.3 is 5.97 Å². The number of carbonyl (C=O) groups is 2. The third-order valence-corrected chi connectivity index (χ3v) is 4.49. The highest BCUT2D eigenvalue weighted by atomic mass is 16.4. The Kier molecular flexibility index (Phi) is 4.85. The third-order valence-electron chi connectivity index (χ3n) is 4.49. The second-order valence-corrected chi connectivity index (χ2v) is 6.12. The van der Waals surface area contributed by atoms with Crippen LogP contribution < -0.4 is 5.32 Å². The number of carboxylic acid groups (broad SMARTS) is 1. The fourth-order valence-corrected chi connectivity index (χ4v) is 2.80. The van der Waals surface area contributed by atoms with Crippen molar-refractivity contribution in [2.75, 3.05) is 5.32 Å². The lowest BCUT2D eigenvalue weighted by molar-refractivity contribution is -0.112. The number of fused-ring (bicyclic) bond motifs is 1. The molecular formula is C22H19NO3. The Balaban J connectivity index is 1.92. The highest BCUT2D eigenvalue weighted by Gasteiger charge is 2.14. The molecule has 0 aromatic heterocycles. The van der Waals surface area contributed by atoms with Gasteiger partial charge in [-0.05, 0) is 54.0 Å². The zero-order valence-corrected chi connectivity index (χ0v) is 14.6. The number of rotatable bonds is 4. The van der Waals surface area contributed by atoms with E-state index in [1.165, 1.54) is 6.07 Å². The summed E-state index contributed by atoms with van der Waals surface area (Å²) in [5.41, 5.74) is 2.71. The van der Waals surface area contributed by atoms with Crippen LogP contribution in [0.15, 0.2) is 72.3 Å². The summed E-state index contributed by atoms with van der Waals surface area (Å²) in [5, 5.41) is 14.2. The molecule has 0 atom stereocenters. The van der Waals surface area contributed by atoms with Gasteiger partial charge in [0.1, 0.15) is 0 Å². The van der Waals surface area contributed by atoms with Crippen LogP contribution in [0.4, 0.5) is 5.69 Å². The van der Waals surface area contributed by atoms with Gasteiger partial charge < -0.3 is 10.4 Å². The molecule has 0 radical (unpaired) electrons. The van der Waals surface area contributed by atoms with Crippen LogP contribution in [0.1, 0.15) is 29.8 Å². The summed E-state index contributed by atoms with van der Waals surface area (Å²) in [7, 11) is 0. The van der Waals surface area contributed by atoms with Crippen molar-refractivity contribution in [2.45, 2.75) is 13.8 Å². The highest BCUT2D eigenvalue weighted by molar-refractivity contribution is 6.10. The molecule has 0 aliphatic carbocycles. The van der Waals surface area contributed by atoms with Gasteiger partial charge in [0.15, 0.2) is 0 Å². The third kappa shape index (κ3) is 3.49. The first-order chi connectivity index (χ1) is 12.5. The van der Waals surface area contributed by atoms with E-state index in [-0.39, 0.29) is 17.2 Å². The minimum Gasteiger partial charge on any atom is -0.478 e. The number of carbonyl (C=O) groups excluding carboxylic acids is 1. The molecule has 0 fully saturated rings. The van der Waals surface area contributed by atoms with Crippen LogP contribution in [0.25, 0.3) is 16.3 Å². The Hall–Kier alpha value is -3.40. The minimum atomic E-state index is -1.08. The number of para-hydroxylation sites is 1. The molecule has 130 valence electrons. The minimum absolute atomic E-state index is 0.0667. The van der Waals surface area contributed by atoms with Crippen LogP contribution >= 0.6 is 0 Å². The fraction of sp³-hybridized carbons (Fsp3) is 0.0909. The molecule has 1 amide bonds. The van der Waals surface area contributed by atoms with Gasteiger partial charge in [0.05, 0.1) is 11.3 Å². The summed E-state index contributed by atoms with van der Waals surface area (Å²) in [6, 6.07) is 20.5. The summed E-state index contributed by atoms with van der Waals surface area (Å²) in [4.78, 5) is 23.9. The maximum absolute atomic E-state index is 12.6. The largest absolute Gasteiger partial charge is 0.478 e. The first-order valence-electron chi connectivity index (χ1n) is 8.27. The Labute approximate surface area is 151 Å². The lowest BCUT2D eigenvalue weighted by atomic mass is 9.98. The molecule has 0 aliphatic heterocycles. The predicted molar refractivity (Wildman–Crippen MR) is 104 cm³/mol. The topological polar surface area (TPSA) is 66.4 Å². The van der Waals surface area contributed by atoms with E-state index < -0.39 is 5.97 Å². The second kappa shape index (κ2) is 7.23. The Bertz CT molecular complexity index is 1030. The SMILES string of the molecule is CC(C(=O)Nc1ccccc1C(=O)O)=C(C)c1ccc2ccccc2c1. The number of carboxylic acids is 1. The smallest absolute Gasteiger partial charge is 0.337 e. The molecule has 0 saturated heterocycles. The van der Waals surface area contributed by atoms with Crippen molar-refractivity contribution in [1.82, 2.24) is 0 Å². The van der Waals surface area contributed by atoms with Gasteiger partial charge in [-0.3, -0.25) is 4.79 Å². The molecule has 4 nitrogen and oxygen atoms in total. The van der Waals surface area contributed by atoms with Crippen LogP contribution in [-0.2, 0) is 4.79 Å². The van der Waals surface area contributed by atoms with Crippen molar-refractivity contribution in [3.05, 3.63) is 83.4 Å². The number of amides is 1. The summed E-state index contributed by atoms with van der Waals surface area (Å²) in [6.45, 7) is 3.63. The Morgan fingerprint density at radius 2 is 1.50 bits per heavy atom. The van der Waals surface area contributed by atoms with Gasteiger partial charge in [-0.1, -0.05) is 48.5 Å². The zero-order chi connectivity index (χ0) is 18.7. The van der Waals surface area contributed by atoms with E-state index in [1.54, 1.807) is 25.1 Å². The molecule has 0 heterocycles. The van der Waals surface area contributed by atoms with E-state index in [4.69, 9.17) is 0 Å². The van der Waals surface area contributed by atoms with Crippen molar-refractivity contribution in [2.24, 2.45) is 0 Å². The van der Waals surface area contributed by atoms with Crippen molar-refractivity contribution in [3.63, 3.8) is 0 Å². The lowest BCUT2D eigenvalue weighted by Crippen LogP contribution is -2.16. The Morgan fingerprint density at radius 3 is 2.23 bits per heavy atom. The summed E-state index contributed by atoms with van der Waals surface area (Å²) in [5.74, 6) is -1.39. The molecule has 3 aromatic carbocycles. The highest BCUT2D eigenvalue weighted by Crippen LogP contribution is 2.24. The molecule has 2 N–H and O–H groups in total. The van der Waals surface area contributed by atoms with Gasteiger partial charge in [0, 0.05) is 5.57 Å². The van der Waals surface area contributed by atoms with Crippen molar-refractivity contribution >= 4 is 33.9 Å². The van der Waals surface area contributed by atoms with Gasteiger partial charge in [-0.2, -0.15) is 0 Å². The first kappa shape index (κ1) is 17.4. The molecule has 0 bridgehead atoms. The van der Waals surface area contributed by atoms with Gasteiger partial charge in [-0.25, -0.2) is 4.79 Å². The second-order valence-electron chi connectivity index (χ2n) is 6.12. The maximum Gasteiger partial charge on any atom is 0.337 e.